The van der Waals surface area contributed by atoms with Crippen LogP contribution >= 0.6 is 0 Å². The summed E-state index contributed by atoms with van der Waals surface area (Å²) in [7, 11) is -4.27. The lowest BCUT2D eigenvalue weighted by atomic mass is 10.2. The van der Waals surface area contributed by atoms with Crippen LogP contribution in [0.5, 0.6) is 11.6 Å². The summed E-state index contributed by atoms with van der Waals surface area (Å²) in [5.41, 5.74) is 1.55. The van der Waals surface area contributed by atoms with E-state index in [0.717, 1.165) is 23.8 Å². The van der Waals surface area contributed by atoms with Crippen molar-refractivity contribution in [3.63, 3.8) is 0 Å². The molecular weight excluding hydrogens is 553 g/mol. The number of aromatic nitrogens is 2. The van der Waals surface area contributed by atoms with E-state index in [4.69, 9.17) is 4.74 Å². The number of carbonyl (C=O) groups excluding carboxylic acids is 1. The number of rotatable bonds is 10. The molecule has 1 heterocycles. The number of halogens is 1. The van der Waals surface area contributed by atoms with E-state index in [1.165, 1.54) is 28.9 Å². The van der Waals surface area contributed by atoms with Gasteiger partial charge in [-0.25, -0.2) is 17.5 Å². The first-order valence-electron chi connectivity index (χ1n) is 12.6. The zero-order chi connectivity index (χ0) is 29.9. The minimum atomic E-state index is -4.27. The fraction of sp³-hybridized carbons (Fsp3) is 0.214. The van der Waals surface area contributed by atoms with Crippen LogP contribution in [0.3, 0.4) is 0 Å². The molecule has 214 valence electrons. The molecule has 0 aliphatic carbocycles. The largest absolute Gasteiger partial charge is 0.437 e. The van der Waals surface area contributed by atoms with Crippen molar-refractivity contribution < 1.29 is 27.3 Å². The Balaban J connectivity index is 1.84. The molecule has 0 unspecified atom stereocenters. The first-order valence-corrected chi connectivity index (χ1v) is 14.1. The molecule has 1 atom stereocenters. The molecule has 1 aromatic heterocycles. The maximum absolute atomic E-state index is 13.7. The number of aryl methyl sites for hydroxylation is 1. The Labute approximate surface area is 236 Å². The van der Waals surface area contributed by atoms with E-state index in [0.29, 0.717) is 17.8 Å². The van der Waals surface area contributed by atoms with Crippen LogP contribution in [0, 0.1) is 29.8 Å². The number of hydrogen-bond donors (Lipinski definition) is 2. The van der Waals surface area contributed by atoms with E-state index < -0.39 is 43.3 Å². The lowest BCUT2D eigenvalue weighted by Crippen LogP contribution is -2.32. The van der Waals surface area contributed by atoms with Gasteiger partial charge in [-0.05, 0) is 75.2 Å². The summed E-state index contributed by atoms with van der Waals surface area (Å²) in [6.45, 7) is 6.88. The maximum Gasteiger partial charge on any atom is 0.276 e. The number of anilines is 1. The SMILES string of the molecule is CC[C@@H](C)NS(=O)(=O)c1cc([N+](=O)[O-])ccc1Oc1c(C)c(C(=O)Nc2cccc(C)c2)nn1-c1ccc(F)cc1. The van der Waals surface area contributed by atoms with Gasteiger partial charge in [0.2, 0.25) is 15.9 Å². The number of hydrogen-bond acceptors (Lipinski definition) is 7. The number of sulfonamides is 1. The first-order chi connectivity index (χ1) is 19.4. The van der Waals surface area contributed by atoms with Crippen molar-refractivity contribution in [3.8, 4) is 17.3 Å². The van der Waals surface area contributed by atoms with Crippen LogP contribution in [-0.2, 0) is 10.0 Å². The van der Waals surface area contributed by atoms with Gasteiger partial charge in [0.25, 0.3) is 11.6 Å². The Kier molecular flexibility index (Phi) is 8.49. The Morgan fingerprint density at radius 2 is 1.83 bits per heavy atom. The molecule has 3 aromatic carbocycles. The van der Waals surface area contributed by atoms with E-state index in [2.05, 4.69) is 15.1 Å². The normalized spacial score (nSPS) is 12.1. The van der Waals surface area contributed by atoms with Crippen LogP contribution in [-0.4, -0.2) is 35.1 Å². The molecule has 0 fully saturated rings. The third kappa shape index (κ3) is 6.58. The molecule has 4 rings (SSSR count). The average molecular weight is 582 g/mol. The van der Waals surface area contributed by atoms with Crippen molar-refractivity contribution in [3.05, 3.63) is 99.5 Å². The number of carbonyl (C=O) groups is 1. The lowest BCUT2D eigenvalue weighted by Gasteiger charge is -2.16. The Morgan fingerprint density at radius 3 is 2.46 bits per heavy atom. The Hall–Kier alpha value is -4.62. The van der Waals surface area contributed by atoms with Gasteiger partial charge >= 0.3 is 0 Å². The fourth-order valence-electron chi connectivity index (χ4n) is 3.91. The number of benzene rings is 3. The van der Waals surface area contributed by atoms with Gasteiger partial charge in [0, 0.05) is 29.4 Å². The third-order valence-electron chi connectivity index (χ3n) is 6.23. The van der Waals surface area contributed by atoms with Gasteiger partial charge in [-0.15, -0.1) is 0 Å². The Morgan fingerprint density at radius 1 is 1.12 bits per heavy atom. The van der Waals surface area contributed by atoms with Crippen molar-refractivity contribution in [2.24, 2.45) is 0 Å². The number of amides is 1. The predicted molar refractivity (Wildman–Crippen MR) is 151 cm³/mol. The molecule has 4 aromatic rings. The highest BCUT2D eigenvalue weighted by molar-refractivity contribution is 7.89. The highest BCUT2D eigenvalue weighted by atomic mass is 32.2. The maximum atomic E-state index is 13.7. The molecule has 41 heavy (non-hydrogen) atoms. The van der Waals surface area contributed by atoms with Crippen molar-refractivity contribution in [1.82, 2.24) is 14.5 Å². The van der Waals surface area contributed by atoms with Crippen molar-refractivity contribution in [1.29, 1.82) is 0 Å². The molecule has 1 amide bonds. The number of nitrogens with one attached hydrogen (secondary N) is 2. The van der Waals surface area contributed by atoms with E-state index in [1.807, 2.05) is 13.0 Å². The van der Waals surface area contributed by atoms with Gasteiger partial charge < -0.3 is 10.1 Å². The summed E-state index contributed by atoms with van der Waals surface area (Å²) in [5.74, 6) is -1.34. The average Bonchev–Trinajstić information content (AvgIpc) is 3.24. The van der Waals surface area contributed by atoms with E-state index >= 15 is 0 Å². The van der Waals surface area contributed by atoms with Crippen molar-refractivity contribution in [2.45, 2.75) is 45.1 Å². The van der Waals surface area contributed by atoms with Gasteiger partial charge in [0.05, 0.1) is 10.6 Å². The van der Waals surface area contributed by atoms with Crippen LogP contribution < -0.4 is 14.8 Å². The van der Waals surface area contributed by atoms with Gasteiger partial charge in [-0.3, -0.25) is 14.9 Å². The zero-order valence-electron chi connectivity index (χ0n) is 22.7. The van der Waals surface area contributed by atoms with Crippen molar-refractivity contribution in [2.75, 3.05) is 5.32 Å². The van der Waals surface area contributed by atoms with Crippen LogP contribution in [0.1, 0.15) is 41.9 Å². The Bertz CT molecular complexity index is 1720. The van der Waals surface area contributed by atoms with Crippen LogP contribution in [0.2, 0.25) is 0 Å². The van der Waals surface area contributed by atoms with Gasteiger partial charge in [-0.1, -0.05) is 19.1 Å². The standard InChI is InChI=1S/C28H28FN5O6S/c1-5-18(3)32-41(38,39)25-16-23(34(36)37)13-14-24(25)40-28-19(4)26(27(35)30-21-8-6-7-17(2)15-21)31-33(28)22-11-9-20(29)10-12-22/h6-16,18,32H,5H2,1-4H3,(H,30,35)/t18-/m1/s1. The van der Waals surface area contributed by atoms with Crippen molar-refractivity contribution >= 4 is 27.3 Å². The minimum Gasteiger partial charge on any atom is -0.437 e. The topological polar surface area (TPSA) is 145 Å². The predicted octanol–water partition coefficient (Wildman–Crippen LogP) is 5.66. The summed E-state index contributed by atoms with van der Waals surface area (Å²) >= 11 is 0. The minimum absolute atomic E-state index is 0.0325. The van der Waals surface area contributed by atoms with Crippen LogP contribution in [0.25, 0.3) is 5.69 Å². The number of nitrogens with zero attached hydrogens (tertiary/aromatic N) is 3. The highest BCUT2D eigenvalue weighted by Crippen LogP contribution is 2.36. The molecule has 2 N–H and O–H groups in total. The highest BCUT2D eigenvalue weighted by Gasteiger charge is 2.28. The molecule has 0 bridgehead atoms. The molecule has 0 aliphatic rings. The number of nitro groups is 1. The van der Waals surface area contributed by atoms with E-state index in [1.54, 1.807) is 39.0 Å². The summed E-state index contributed by atoms with van der Waals surface area (Å²) < 4.78 is 50.0. The summed E-state index contributed by atoms with van der Waals surface area (Å²) in [5, 5.41) is 18.6. The van der Waals surface area contributed by atoms with Crippen LogP contribution in [0.4, 0.5) is 15.8 Å². The quantitative estimate of drug-likeness (QED) is 0.182. The second-order valence-electron chi connectivity index (χ2n) is 9.41. The molecular formula is C28H28FN5O6S. The van der Waals surface area contributed by atoms with Gasteiger partial charge in [0.1, 0.15) is 16.5 Å². The summed E-state index contributed by atoms with van der Waals surface area (Å²) in [6.07, 6.45) is 0.472. The smallest absolute Gasteiger partial charge is 0.276 e. The fourth-order valence-corrected chi connectivity index (χ4v) is 5.38. The van der Waals surface area contributed by atoms with Crippen LogP contribution in [0.15, 0.2) is 71.6 Å². The third-order valence-corrected chi connectivity index (χ3v) is 7.84. The monoisotopic (exact) mass is 581 g/mol. The summed E-state index contributed by atoms with van der Waals surface area (Å²) in [4.78, 5) is 23.5. The molecule has 0 spiro atoms. The number of ether oxygens (including phenoxy) is 1. The molecule has 13 heteroatoms. The second-order valence-corrected chi connectivity index (χ2v) is 11.1. The first kappa shape index (κ1) is 29.4. The van der Waals surface area contributed by atoms with Gasteiger partial charge in [-0.2, -0.15) is 9.78 Å². The van der Waals surface area contributed by atoms with E-state index in [-0.39, 0.29) is 22.9 Å². The summed E-state index contributed by atoms with van der Waals surface area (Å²) in [6, 6.07) is 15.1. The van der Waals surface area contributed by atoms with Gasteiger partial charge in [0.15, 0.2) is 5.69 Å². The molecule has 0 saturated heterocycles. The lowest BCUT2D eigenvalue weighted by molar-refractivity contribution is -0.385. The zero-order valence-corrected chi connectivity index (χ0v) is 23.5. The second kappa shape index (κ2) is 11.9. The molecule has 0 aliphatic heterocycles. The molecule has 11 nitrogen and oxygen atoms in total. The molecule has 0 radical (unpaired) electrons. The number of nitro benzene ring substituents is 1. The molecule has 0 saturated carbocycles. The van der Waals surface area contributed by atoms with E-state index in [9.17, 15) is 27.7 Å². The number of non-ortho nitro benzene ring substituents is 1.